The summed E-state index contributed by atoms with van der Waals surface area (Å²) in [6, 6.07) is 9.31. The lowest BCUT2D eigenvalue weighted by Crippen LogP contribution is -2.17. The molecule has 18 heavy (non-hydrogen) atoms. The fourth-order valence-electron chi connectivity index (χ4n) is 1.87. The summed E-state index contributed by atoms with van der Waals surface area (Å²) in [6.45, 7) is 4.67. The van der Waals surface area contributed by atoms with Crippen LogP contribution in [0.15, 0.2) is 36.5 Å². The summed E-state index contributed by atoms with van der Waals surface area (Å²) in [7, 11) is 0. The molecule has 0 aliphatic rings. The van der Waals surface area contributed by atoms with E-state index in [1.165, 1.54) is 0 Å². The number of rotatable bonds is 6. The zero-order chi connectivity index (χ0) is 12.8. The Kier molecular flexibility index (Phi) is 4.36. The second-order valence-electron chi connectivity index (χ2n) is 4.33. The minimum atomic E-state index is 0.297. The van der Waals surface area contributed by atoms with Gasteiger partial charge in [0.05, 0.1) is 12.2 Å². The molecular weight excluding hydrogens is 226 g/mol. The van der Waals surface area contributed by atoms with E-state index in [0.717, 1.165) is 30.8 Å². The molecule has 0 amide bonds. The van der Waals surface area contributed by atoms with Crippen LogP contribution in [0.3, 0.4) is 0 Å². The summed E-state index contributed by atoms with van der Waals surface area (Å²) >= 11 is 0. The van der Waals surface area contributed by atoms with Crippen molar-refractivity contribution in [2.75, 3.05) is 6.54 Å². The maximum atomic E-state index is 9.44. The number of aromatic nitrogens is 2. The summed E-state index contributed by atoms with van der Waals surface area (Å²) < 4.78 is 1.96. The molecular formula is C14H19N3O. The zero-order valence-electron chi connectivity index (χ0n) is 10.6. The summed E-state index contributed by atoms with van der Waals surface area (Å²) in [5.74, 6) is 0.297. The first-order valence-corrected chi connectivity index (χ1v) is 6.29. The van der Waals surface area contributed by atoms with Crippen LogP contribution in [0.4, 0.5) is 0 Å². The van der Waals surface area contributed by atoms with Gasteiger partial charge in [-0.15, -0.1) is 0 Å². The summed E-state index contributed by atoms with van der Waals surface area (Å²) in [5.41, 5.74) is 2.21. The number of hydrogen-bond donors (Lipinski definition) is 2. The van der Waals surface area contributed by atoms with Crippen molar-refractivity contribution < 1.29 is 5.11 Å². The molecule has 4 nitrogen and oxygen atoms in total. The van der Waals surface area contributed by atoms with Crippen LogP contribution < -0.4 is 5.32 Å². The molecule has 4 heteroatoms. The second-order valence-corrected chi connectivity index (χ2v) is 4.33. The molecule has 0 spiro atoms. The number of aromatic hydroxyl groups is 1. The van der Waals surface area contributed by atoms with Crippen LogP contribution in [0.25, 0.3) is 0 Å². The SMILES string of the molecule is CCCNCc1ccnn1Cc1cccc(O)c1. The van der Waals surface area contributed by atoms with Gasteiger partial charge in [-0.25, -0.2) is 0 Å². The highest BCUT2D eigenvalue weighted by Crippen LogP contribution is 2.12. The van der Waals surface area contributed by atoms with Crippen molar-refractivity contribution in [3.8, 4) is 5.75 Å². The molecule has 0 aliphatic heterocycles. The third-order valence-corrected chi connectivity index (χ3v) is 2.78. The van der Waals surface area contributed by atoms with Crippen LogP contribution in [0, 0.1) is 0 Å². The van der Waals surface area contributed by atoms with E-state index >= 15 is 0 Å². The molecule has 0 saturated heterocycles. The van der Waals surface area contributed by atoms with Crippen LogP contribution >= 0.6 is 0 Å². The molecule has 96 valence electrons. The third kappa shape index (κ3) is 3.34. The van der Waals surface area contributed by atoms with Crippen LogP contribution in [0.2, 0.25) is 0 Å². The van der Waals surface area contributed by atoms with Crippen molar-refractivity contribution in [1.82, 2.24) is 15.1 Å². The van der Waals surface area contributed by atoms with Gasteiger partial charge in [0, 0.05) is 12.7 Å². The largest absolute Gasteiger partial charge is 0.508 e. The molecule has 2 aromatic rings. The van der Waals surface area contributed by atoms with Gasteiger partial charge in [-0.05, 0) is 36.7 Å². The highest BCUT2D eigenvalue weighted by atomic mass is 16.3. The molecule has 1 aromatic heterocycles. The Morgan fingerprint density at radius 3 is 3.00 bits per heavy atom. The molecule has 0 atom stereocenters. The Morgan fingerprint density at radius 1 is 1.33 bits per heavy atom. The first-order valence-electron chi connectivity index (χ1n) is 6.29. The van der Waals surface area contributed by atoms with Crippen LogP contribution in [-0.2, 0) is 13.1 Å². The number of phenols is 1. The molecule has 0 unspecified atom stereocenters. The summed E-state index contributed by atoms with van der Waals surface area (Å²) in [5, 5.41) is 17.1. The van der Waals surface area contributed by atoms with Crippen molar-refractivity contribution >= 4 is 0 Å². The lowest BCUT2D eigenvalue weighted by Gasteiger charge is -2.08. The normalized spacial score (nSPS) is 10.7. The number of phenolic OH excluding ortho intramolecular Hbond substituents is 1. The van der Waals surface area contributed by atoms with Crippen molar-refractivity contribution in [2.45, 2.75) is 26.4 Å². The predicted molar refractivity (Wildman–Crippen MR) is 71.4 cm³/mol. The van der Waals surface area contributed by atoms with Crippen LogP contribution in [-0.4, -0.2) is 21.4 Å². The average molecular weight is 245 g/mol. The standard InChI is InChI=1S/C14H19N3O/c1-2-7-15-10-13-6-8-16-17(13)11-12-4-3-5-14(18)9-12/h3-6,8-9,15,18H,2,7,10-11H2,1H3. The molecule has 1 heterocycles. The van der Waals surface area contributed by atoms with E-state index in [9.17, 15) is 5.11 Å². The van der Waals surface area contributed by atoms with E-state index < -0.39 is 0 Å². The second kappa shape index (κ2) is 6.21. The number of nitrogens with one attached hydrogen (secondary N) is 1. The zero-order valence-corrected chi connectivity index (χ0v) is 10.6. The highest BCUT2D eigenvalue weighted by Gasteiger charge is 2.03. The van der Waals surface area contributed by atoms with Gasteiger partial charge in [0.2, 0.25) is 0 Å². The Bertz CT molecular complexity index is 493. The molecule has 0 radical (unpaired) electrons. The van der Waals surface area contributed by atoms with Gasteiger partial charge >= 0.3 is 0 Å². The minimum Gasteiger partial charge on any atom is -0.508 e. The number of hydrogen-bond acceptors (Lipinski definition) is 3. The molecule has 1 aromatic carbocycles. The molecule has 0 aliphatic carbocycles. The highest BCUT2D eigenvalue weighted by molar-refractivity contribution is 5.27. The Balaban J connectivity index is 2.03. The lowest BCUT2D eigenvalue weighted by molar-refractivity contribution is 0.474. The van der Waals surface area contributed by atoms with Crippen molar-refractivity contribution in [2.24, 2.45) is 0 Å². The van der Waals surface area contributed by atoms with Crippen molar-refractivity contribution in [1.29, 1.82) is 0 Å². The Labute approximate surface area is 107 Å². The minimum absolute atomic E-state index is 0.297. The van der Waals surface area contributed by atoms with E-state index in [1.807, 2.05) is 29.1 Å². The summed E-state index contributed by atoms with van der Waals surface area (Å²) in [4.78, 5) is 0. The Hall–Kier alpha value is -1.81. The van der Waals surface area contributed by atoms with Gasteiger partial charge in [0.1, 0.15) is 5.75 Å². The summed E-state index contributed by atoms with van der Waals surface area (Å²) in [6.07, 6.45) is 2.94. The predicted octanol–water partition coefficient (Wildman–Crippen LogP) is 2.14. The smallest absolute Gasteiger partial charge is 0.115 e. The molecule has 0 fully saturated rings. The van der Waals surface area contributed by atoms with Gasteiger partial charge in [-0.2, -0.15) is 5.10 Å². The van der Waals surface area contributed by atoms with E-state index in [4.69, 9.17) is 0 Å². The van der Waals surface area contributed by atoms with Crippen LogP contribution in [0.5, 0.6) is 5.75 Å². The first-order chi connectivity index (χ1) is 8.79. The van der Waals surface area contributed by atoms with Gasteiger partial charge in [0.25, 0.3) is 0 Å². The number of benzene rings is 1. The molecule has 0 saturated carbocycles. The Morgan fingerprint density at radius 2 is 2.22 bits per heavy atom. The van der Waals surface area contributed by atoms with Gasteiger partial charge in [-0.1, -0.05) is 19.1 Å². The fourth-order valence-corrected chi connectivity index (χ4v) is 1.87. The van der Waals surface area contributed by atoms with E-state index in [1.54, 1.807) is 12.1 Å². The molecule has 0 bridgehead atoms. The monoisotopic (exact) mass is 245 g/mol. The lowest BCUT2D eigenvalue weighted by atomic mass is 10.2. The quantitative estimate of drug-likeness (QED) is 0.767. The maximum absolute atomic E-state index is 9.44. The van der Waals surface area contributed by atoms with Crippen molar-refractivity contribution in [3.05, 3.63) is 47.8 Å². The fraction of sp³-hybridized carbons (Fsp3) is 0.357. The molecule has 2 N–H and O–H groups in total. The van der Waals surface area contributed by atoms with E-state index in [-0.39, 0.29) is 0 Å². The number of nitrogens with zero attached hydrogens (tertiary/aromatic N) is 2. The van der Waals surface area contributed by atoms with Crippen molar-refractivity contribution in [3.63, 3.8) is 0 Å². The van der Waals surface area contributed by atoms with Crippen LogP contribution in [0.1, 0.15) is 24.6 Å². The van der Waals surface area contributed by atoms with Gasteiger partial charge < -0.3 is 10.4 Å². The maximum Gasteiger partial charge on any atom is 0.115 e. The topological polar surface area (TPSA) is 50.1 Å². The molecule has 2 rings (SSSR count). The van der Waals surface area contributed by atoms with E-state index in [2.05, 4.69) is 17.3 Å². The third-order valence-electron chi connectivity index (χ3n) is 2.78. The van der Waals surface area contributed by atoms with E-state index in [0.29, 0.717) is 12.3 Å². The van der Waals surface area contributed by atoms with Gasteiger partial charge in [0.15, 0.2) is 0 Å². The average Bonchev–Trinajstić information content (AvgIpc) is 2.77. The van der Waals surface area contributed by atoms with Gasteiger partial charge in [-0.3, -0.25) is 4.68 Å². The first kappa shape index (κ1) is 12.6.